The average molecular weight is 440 g/mol. The number of rotatable bonds is 6. The topological polar surface area (TPSA) is 116 Å². The van der Waals surface area contributed by atoms with Gasteiger partial charge in [0.2, 0.25) is 6.41 Å². The molecule has 1 atom stereocenters. The molecule has 0 aliphatic carbocycles. The fraction of sp³-hybridized carbons (Fsp3) is 0.474. The number of hydrogen-bond donors (Lipinski definition) is 1. The third kappa shape index (κ3) is 6.30. The second-order valence-electron chi connectivity index (χ2n) is 6.89. The van der Waals surface area contributed by atoms with Crippen molar-refractivity contribution in [1.82, 2.24) is 10.4 Å². The first-order chi connectivity index (χ1) is 14.8. The molecule has 0 bridgehead atoms. The van der Waals surface area contributed by atoms with E-state index in [-0.39, 0.29) is 49.4 Å². The fourth-order valence-corrected chi connectivity index (χ4v) is 3.32. The summed E-state index contributed by atoms with van der Waals surface area (Å²) in [5, 5.41) is 1.33. The van der Waals surface area contributed by atoms with Crippen LogP contribution in [0.3, 0.4) is 0 Å². The van der Waals surface area contributed by atoms with Crippen molar-refractivity contribution in [2.75, 3.05) is 42.5 Å². The zero-order valence-electron chi connectivity index (χ0n) is 16.8. The van der Waals surface area contributed by atoms with E-state index in [4.69, 9.17) is 14.3 Å². The largest absolute Gasteiger partial charge is 0.444 e. The number of Topliss-reactive ketones (excluding diaryl/α,β-unsaturated/α-hetero) is 1. The molecule has 1 aromatic rings. The lowest BCUT2D eigenvalue weighted by Crippen LogP contribution is -2.37. The first-order valence-corrected chi connectivity index (χ1v) is 9.47. The third-order valence-electron chi connectivity index (χ3n) is 4.76. The number of cyclic esters (lactones) is 1. The molecule has 2 aliphatic heterocycles. The Hall–Kier alpha value is -3.37. The Morgan fingerprint density at radius 2 is 1.90 bits per heavy atom. The summed E-state index contributed by atoms with van der Waals surface area (Å²) in [5.41, 5.74) is 2.71. The van der Waals surface area contributed by atoms with Crippen LogP contribution in [-0.2, 0) is 23.9 Å². The Kier molecular flexibility index (Phi) is 8.59. The highest BCUT2D eigenvalue weighted by Crippen LogP contribution is 2.31. The summed E-state index contributed by atoms with van der Waals surface area (Å²) in [6.07, 6.45) is 0.331. The number of nitrogens with one attached hydrogen (secondary N) is 1. The molecule has 0 saturated carbocycles. The Bertz CT molecular complexity index is 839. The Balaban J connectivity index is 0.00000107. The van der Waals surface area contributed by atoms with Crippen molar-refractivity contribution in [1.29, 1.82) is 0 Å². The normalized spacial score (nSPS) is 18.5. The third-order valence-corrected chi connectivity index (χ3v) is 4.76. The molecule has 168 valence electrons. The van der Waals surface area contributed by atoms with Crippen LogP contribution in [0.25, 0.3) is 0 Å². The standard InChI is InChI=1S/C18H22F2N4O4.CO2/c1-12(26)2-3-14-10-24(18(27)28-14)13-8-15(19)17(16(20)9-13)22-5-4-21-23(11-25)7-6-22;2-1-3/h8-9,11,14,21H,2-7,10H2,1H3;/t14-;/m0./s1. The predicted octanol–water partition coefficient (Wildman–Crippen LogP) is 0.859. The number of carbonyl (C=O) groups excluding carboxylic acids is 5. The Morgan fingerprint density at radius 1 is 1.26 bits per heavy atom. The number of nitrogens with zero attached hydrogens (tertiary/aromatic N) is 3. The van der Waals surface area contributed by atoms with Crippen LogP contribution in [0.4, 0.5) is 25.0 Å². The van der Waals surface area contributed by atoms with E-state index in [1.165, 1.54) is 21.7 Å². The zero-order valence-corrected chi connectivity index (χ0v) is 16.8. The summed E-state index contributed by atoms with van der Waals surface area (Å²) in [7, 11) is 0. The lowest BCUT2D eigenvalue weighted by molar-refractivity contribution is -0.191. The molecule has 1 aromatic carbocycles. The minimum Gasteiger partial charge on any atom is -0.444 e. The van der Waals surface area contributed by atoms with E-state index in [9.17, 15) is 23.2 Å². The summed E-state index contributed by atoms with van der Waals surface area (Å²) in [6, 6.07) is 2.20. The molecule has 2 heterocycles. The number of hydrazine groups is 1. The highest BCUT2D eigenvalue weighted by Gasteiger charge is 2.33. The highest BCUT2D eigenvalue weighted by atomic mass is 19.1. The zero-order chi connectivity index (χ0) is 23.0. The van der Waals surface area contributed by atoms with Crippen LogP contribution >= 0.6 is 0 Å². The van der Waals surface area contributed by atoms with Crippen LogP contribution < -0.4 is 15.2 Å². The molecule has 12 heteroatoms. The second kappa shape index (κ2) is 11.1. The molecule has 2 aliphatic rings. The lowest BCUT2D eigenvalue weighted by Gasteiger charge is -2.24. The van der Waals surface area contributed by atoms with Gasteiger partial charge in [0.25, 0.3) is 0 Å². The molecule has 2 amide bonds. The first-order valence-electron chi connectivity index (χ1n) is 9.47. The van der Waals surface area contributed by atoms with Crippen LogP contribution in [0.2, 0.25) is 0 Å². The van der Waals surface area contributed by atoms with Crippen molar-refractivity contribution in [3.8, 4) is 0 Å². The quantitative estimate of drug-likeness (QED) is 0.648. The van der Waals surface area contributed by atoms with Gasteiger partial charge in [0, 0.05) is 38.2 Å². The molecule has 10 nitrogen and oxygen atoms in total. The molecule has 3 rings (SSSR count). The van der Waals surface area contributed by atoms with E-state index < -0.39 is 23.8 Å². The number of carbonyl (C=O) groups is 3. The molecule has 31 heavy (non-hydrogen) atoms. The number of anilines is 2. The number of amides is 2. The number of halogens is 2. The van der Waals surface area contributed by atoms with Gasteiger partial charge in [0.1, 0.15) is 17.6 Å². The highest BCUT2D eigenvalue weighted by molar-refractivity contribution is 5.90. The van der Waals surface area contributed by atoms with Gasteiger partial charge in [-0.25, -0.2) is 19.0 Å². The minimum atomic E-state index is -0.797. The van der Waals surface area contributed by atoms with E-state index >= 15 is 0 Å². The van der Waals surface area contributed by atoms with Crippen molar-refractivity contribution in [3.05, 3.63) is 23.8 Å². The van der Waals surface area contributed by atoms with Crippen LogP contribution in [0.5, 0.6) is 0 Å². The maximum absolute atomic E-state index is 14.7. The molecule has 0 aromatic heterocycles. The fourth-order valence-electron chi connectivity index (χ4n) is 3.32. The molecule has 0 radical (unpaired) electrons. The van der Waals surface area contributed by atoms with Crippen LogP contribution in [0, 0.1) is 11.6 Å². The maximum atomic E-state index is 14.7. The van der Waals surface area contributed by atoms with Crippen LogP contribution in [-0.4, -0.2) is 68.3 Å². The van der Waals surface area contributed by atoms with Gasteiger partial charge in [0.15, 0.2) is 11.6 Å². The predicted molar refractivity (Wildman–Crippen MR) is 102 cm³/mol. The maximum Gasteiger partial charge on any atom is 0.414 e. The summed E-state index contributed by atoms with van der Waals surface area (Å²) in [4.78, 5) is 52.9. The van der Waals surface area contributed by atoms with Crippen molar-refractivity contribution in [2.45, 2.75) is 25.9 Å². The van der Waals surface area contributed by atoms with Gasteiger partial charge in [-0.15, -0.1) is 0 Å². The van der Waals surface area contributed by atoms with Gasteiger partial charge in [-0.3, -0.25) is 14.7 Å². The van der Waals surface area contributed by atoms with E-state index in [1.54, 1.807) is 0 Å². The van der Waals surface area contributed by atoms with Crippen molar-refractivity contribution in [3.63, 3.8) is 0 Å². The number of benzene rings is 1. The van der Waals surface area contributed by atoms with E-state index in [0.717, 1.165) is 12.1 Å². The van der Waals surface area contributed by atoms with Gasteiger partial charge in [0.05, 0.1) is 18.8 Å². The van der Waals surface area contributed by atoms with Crippen LogP contribution in [0.1, 0.15) is 19.8 Å². The van der Waals surface area contributed by atoms with Crippen molar-refractivity contribution < 1.29 is 37.5 Å². The monoisotopic (exact) mass is 440 g/mol. The molecule has 0 spiro atoms. The second-order valence-corrected chi connectivity index (χ2v) is 6.89. The van der Waals surface area contributed by atoms with Gasteiger partial charge in [-0.1, -0.05) is 0 Å². The molecule has 1 N–H and O–H groups in total. The van der Waals surface area contributed by atoms with Gasteiger partial charge >= 0.3 is 12.2 Å². The summed E-state index contributed by atoms with van der Waals surface area (Å²) < 4.78 is 34.6. The van der Waals surface area contributed by atoms with E-state index in [2.05, 4.69) is 5.43 Å². The van der Waals surface area contributed by atoms with Gasteiger partial charge in [-0.2, -0.15) is 9.59 Å². The SMILES string of the molecule is CC(=O)CC[C@H]1CN(c2cc(F)c(N3CCNN(C=O)CC3)c(F)c2)C(=O)O1.O=C=O. The Morgan fingerprint density at radius 3 is 2.48 bits per heavy atom. The van der Waals surface area contributed by atoms with Crippen LogP contribution in [0.15, 0.2) is 12.1 Å². The summed E-state index contributed by atoms with van der Waals surface area (Å²) in [5.74, 6) is -1.61. The smallest absolute Gasteiger partial charge is 0.414 e. The summed E-state index contributed by atoms with van der Waals surface area (Å²) >= 11 is 0. The molecular formula is C19H22F2N4O6. The van der Waals surface area contributed by atoms with Gasteiger partial charge in [-0.05, 0) is 13.3 Å². The van der Waals surface area contributed by atoms with Gasteiger partial charge < -0.3 is 14.4 Å². The number of ketones is 1. The van der Waals surface area contributed by atoms with E-state index in [1.807, 2.05) is 0 Å². The lowest BCUT2D eigenvalue weighted by atomic mass is 10.1. The first kappa shape index (κ1) is 23.9. The molecule has 2 fully saturated rings. The molecular weight excluding hydrogens is 418 g/mol. The van der Waals surface area contributed by atoms with Crippen molar-refractivity contribution in [2.24, 2.45) is 0 Å². The average Bonchev–Trinajstić information content (AvgIpc) is 2.92. The number of ether oxygens (including phenoxy) is 1. The number of hydrogen-bond acceptors (Lipinski definition) is 8. The van der Waals surface area contributed by atoms with E-state index in [0.29, 0.717) is 25.9 Å². The molecule has 2 saturated heterocycles. The Labute approximate surface area is 176 Å². The molecule has 0 unspecified atom stereocenters. The van der Waals surface area contributed by atoms with Crippen molar-refractivity contribution >= 4 is 35.8 Å². The minimum absolute atomic E-state index is 0.0176. The summed E-state index contributed by atoms with van der Waals surface area (Å²) in [6.45, 7) is 2.79.